The number of amides is 1. The Hall–Kier alpha value is -2.23. The van der Waals surface area contributed by atoms with Gasteiger partial charge in [0.1, 0.15) is 6.29 Å². The lowest BCUT2D eigenvalue weighted by Crippen LogP contribution is -2.33. The summed E-state index contributed by atoms with van der Waals surface area (Å²) in [5.74, 6) is 0.537. The van der Waals surface area contributed by atoms with Gasteiger partial charge in [-0.15, -0.1) is 0 Å². The van der Waals surface area contributed by atoms with Gasteiger partial charge in [0, 0.05) is 24.9 Å². The molecule has 1 amide bonds. The summed E-state index contributed by atoms with van der Waals surface area (Å²) in [4.78, 5) is 26.0. The van der Waals surface area contributed by atoms with Crippen molar-refractivity contribution in [1.82, 2.24) is 14.7 Å². The van der Waals surface area contributed by atoms with Gasteiger partial charge < -0.3 is 10.1 Å². The number of nitrogens with one attached hydrogen (secondary N) is 1. The molecule has 8 nitrogen and oxygen atoms in total. The Morgan fingerprint density at radius 3 is 2.58 bits per heavy atom. The Morgan fingerprint density at radius 1 is 1.30 bits per heavy atom. The molecule has 1 saturated carbocycles. The fourth-order valence-electron chi connectivity index (χ4n) is 4.41. The molecule has 0 radical (unpaired) electrons. The molecule has 33 heavy (non-hydrogen) atoms. The van der Waals surface area contributed by atoms with Crippen molar-refractivity contribution in [2.45, 2.75) is 55.5 Å². The highest BCUT2D eigenvalue weighted by Crippen LogP contribution is 2.40. The largest absolute Gasteiger partial charge is 0.309 e. The highest BCUT2D eigenvalue weighted by atomic mass is 35.5. The van der Waals surface area contributed by atoms with Gasteiger partial charge in [0.2, 0.25) is 5.91 Å². The molecule has 1 aliphatic carbocycles. The quantitative estimate of drug-likeness (QED) is 0.508. The average molecular weight is 495 g/mol. The van der Waals surface area contributed by atoms with Gasteiger partial charge in [-0.1, -0.05) is 30.5 Å². The number of aldehydes is 1. The third kappa shape index (κ3) is 6.65. The van der Waals surface area contributed by atoms with E-state index in [0.29, 0.717) is 18.3 Å². The van der Waals surface area contributed by atoms with Crippen LogP contribution in [0.25, 0.3) is 0 Å². The molecule has 1 aromatic carbocycles. The molecule has 1 N–H and O–H groups in total. The van der Waals surface area contributed by atoms with Crippen molar-refractivity contribution in [2.75, 3.05) is 25.7 Å². The van der Waals surface area contributed by atoms with Crippen molar-refractivity contribution in [3.8, 4) is 0 Å². The summed E-state index contributed by atoms with van der Waals surface area (Å²) in [6.07, 6.45) is 8.26. The first kappa shape index (κ1) is 25.4. The summed E-state index contributed by atoms with van der Waals surface area (Å²) in [7, 11) is 0.226. The zero-order valence-electron chi connectivity index (χ0n) is 19.2. The van der Waals surface area contributed by atoms with Gasteiger partial charge in [0.15, 0.2) is 15.7 Å². The second kappa shape index (κ2) is 10.8. The molecule has 1 aliphatic rings. The molecule has 2 aromatic rings. The Morgan fingerprint density at radius 2 is 2.00 bits per heavy atom. The number of carbonyl (C=O) groups excluding carboxylic acids is 2. The normalized spacial score (nSPS) is 16.6. The van der Waals surface area contributed by atoms with Gasteiger partial charge in [-0.3, -0.25) is 14.4 Å². The van der Waals surface area contributed by atoms with Crippen LogP contribution in [0.15, 0.2) is 35.4 Å². The van der Waals surface area contributed by atoms with Crippen LogP contribution >= 0.6 is 11.6 Å². The molecule has 0 saturated heterocycles. The smallest absolute Gasteiger partial charge is 0.226 e. The van der Waals surface area contributed by atoms with Crippen molar-refractivity contribution >= 4 is 39.4 Å². The van der Waals surface area contributed by atoms with Crippen LogP contribution in [0.3, 0.4) is 0 Å². The minimum atomic E-state index is -3.42. The lowest BCUT2D eigenvalue weighted by atomic mass is 9.82. The lowest BCUT2D eigenvalue weighted by molar-refractivity contribution is -0.117. The average Bonchev–Trinajstić information content (AvgIpc) is 3.41. The van der Waals surface area contributed by atoms with Crippen LogP contribution < -0.4 is 5.32 Å². The van der Waals surface area contributed by atoms with Crippen molar-refractivity contribution in [3.63, 3.8) is 0 Å². The van der Waals surface area contributed by atoms with E-state index in [9.17, 15) is 18.0 Å². The monoisotopic (exact) mass is 494 g/mol. The van der Waals surface area contributed by atoms with Crippen LogP contribution in [0, 0.1) is 5.92 Å². The van der Waals surface area contributed by atoms with E-state index < -0.39 is 9.84 Å². The summed E-state index contributed by atoms with van der Waals surface area (Å²) in [6.45, 7) is 0.391. The predicted molar refractivity (Wildman–Crippen MR) is 128 cm³/mol. The minimum Gasteiger partial charge on any atom is -0.309 e. The van der Waals surface area contributed by atoms with E-state index >= 15 is 0 Å². The summed E-state index contributed by atoms with van der Waals surface area (Å²) in [6, 6.07) is 6.39. The van der Waals surface area contributed by atoms with E-state index in [0.717, 1.165) is 43.8 Å². The van der Waals surface area contributed by atoms with E-state index in [-0.39, 0.29) is 34.2 Å². The third-order valence-electron chi connectivity index (χ3n) is 6.26. The van der Waals surface area contributed by atoms with Crippen LogP contribution in [-0.4, -0.2) is 61.7 Å². The molecule has 0 bridgehead atoms. The second-order valence-electron chi connectivity index (χ2n) is 8.96. The molecule has 10 heteroatoms. The molecule has 0 spiro atoms. The molecule has 1 heterocycles. The molecule has 3 rings (SSSR count). The Bertz CT molecular complexity index is 1090. The molecule has 0 aliphatic heterocycles. The van der Waals surface area contributed by atoms with Gasteiger partial charge >= 0.3 is 0 Å². The number of sulfone groups is 1. The topological polar surface area (TPSA) is 101 Å². The first-order valence-electron chi connectivity index (χ1n) is 11.0. The van der Waals surface area contributed by atoms with Gasteiger partial charge in [-0.05, 0) is 56.5 Å². The van der Waals surface area contributed by atoms with Crippen LogP contribution in [0.1, 0.15) is 43.6 Å². The van der Waals surface area contributed by atoms with Gasteiger partial charge in [-0.25, -0.2) is 8.42 Å². The number of aromatic nitrogens is 2. The van der Waals surface area contributed by atoms with Crippen molar-refractivity contribution < 1.29 is 18.0 Å². The Balaban J connectivity index is 1.73. The number of rotatable bonds is 10. The van der Waals surface area contributed by atoms with E-state index in [1.807, 2.05) is 14.1 Å². The number of anilines is 1. The number of hydrogen-bond donors (Lipinski definition) is 1. The second-order valence-corrected chi connectivity index (χ2v) is 11.3. The predicted octanol–water partition coefficient (Wildman–Crippen LogP) is 3.37. The standard InChI is InChI=1S/C23H31ClN4O4S/c1-27(2)18(15-29)14-28-11-10-22(26-28)25-23(30)13-19(16-6-4-5-7-16)17-8-9-21(20(24)12-17)33(3,31)32/h8-12,15-16,18-19H,4-7,13-14H2,1-3H3,(H,25,26,30)/t18?,19-/m1/s1. The van der Waals surface area contributed by atoms with E-state index in [1.165, 1.54) is 6.07 Å². The highest BCUT2D eigenvalue weighted by molar-refractivity contribution is 7.90. The van der Waals surface area contributed by atoms with E-state index in [2.05, 4.69) is 10.4 Å². The number of benzene rings is 1. The van der Waals surface area contributed by atoms with Crippen LogP contribution in [0.2, 0.25) is 5.02 Å². The fourth-order valence-corrected chi connectivity index (χ4v) is 5.75. The zero-order chi connectivity index (χ0) is 24.2. The molecule has 1 aromatic heterocycles. The molecular weight excluding hydrogens is 464 g/mol. The molecular formula is C23H31ClN4O4S. The highest BCUT2D eigenvalue weighted by Gasteiger charge is 2.29. The van der Waals surface area contributed by atoms with Gasteiger partial charge in [0.25, 0.3) is 0 Å². The number of likely N-dealkylation sites (N-methyl/N-ethyl adjacent to an activating group) is 1. The number of halogens is 1. The number of hydrogen-bond acceptors (Lipinski definition) is 6. The summed E-state index contributed by atoms with van der Waals surface area (Å²) in [5, 5.41) is 7.40. The van der Waals surface area contributed by atoms with E-state index in [4.69, 9.17) is 11.6 Å². The summed E-state index contributed by atoms with van der Waals surface area (Å²) < 4.78 is 25.5. The van der Waals surface area contributed by atoms with Crippen molar-refractivity contribution in [3.05, 3.63) is 41.0 Å². The first-order chi connectivity index (χ1) is 15.6. The number of nitrogens with zero attached hydrogens (tertiary/aromatic N) is 3. The van der Waals surface area contributed by atoms with Crippen LogP contribution in [-0.2, 0) is 26.0 Å². The third-order valence-corrected chi connectivity index (χ3v) is 7.84. The van der Waals surface area contributed by atoms with Crippen molar-refractivity contribution in [1.29, 1.82) is 0 Å². The maximum atomic E-state index is 12.9. The zero-order valence-corrected chi connectivity index (χ0v) is 20.8. The fraction of sp³-hybridized carbons (Fsp3) is 0.522. The van der Waals surface area contributed by atoms with Gasteiger partial charge in [0.05, 0.1) is 22.5 Å². The summed E-state index contributed by atoms with van der Waals surface area (Å²) in [5.41, 5.74) is 0.875. The van der Waals surface area contributed by atoms with Crippen LogP contribution in [0.5, 0.6) is 0 Å². The molecule has 2 atom stereocenters. The summed E-state index contributed by atoms with van der Waals surface area (Å²) >= 11 is 6.29. The maximum absolute atomic E-state index is 12.9. The van der Waals surface area contributed by atoms with Gasteiger partial charge in [-0.2, -0.15) is 5.10 Å². The molecule has 180 valence electrons. The van der Waals surface area contributed by atoms with Crippen molar-refractivity contribution in [2.24, 2.45) is 5.92 Å². The lowest BCUT2D eigenvalue weighted by Gasteiger charge is -2.24. The minimum absolute atomic E-state index is 0.0612. The molecule has 1 unspecified atom stereocenters. The maximum Gasteiger partial charge on any atom is 0.226 e. The van der Waals surface area contributed by atoms with Crippen LogP contribution in [0.4, 0.5) is 5.82 Å². The number of carbonyl (C=O) groups is 2. The Labute approximate surface area is 200 Å². The van der Waals surface area contributed by atoms with E-state index in [1.54, 1.807) is 34.0 Å². The first-order valence-corrected chi connectivity index (χ1v) is 13.3. The Kier molecular flexibility index (Phi) is 8.31. The molecule has 1 fully saturated rings. The SMILES string of the molecule is CN(C)C(C=O)Cn1ccc(NC(=O)C[C@@H](c2ccc(S(C)(=O)=O)c(Cl)c2)C2CCCC2)n1.